The van der Waals surface area contributed by atoms with Crippen LogP contribution in [-0.2, 0) is 13.0 Å². The fraction of sp³-hybridized carbons (Fsp3) is 0.353. The van der Waals surface area contributed by atoms with Crippen molar-refractivity contribution in [1.29, 1.82) is 0 Å². The number of carbonyl (C=O) groups excluding carboxylic acids is 1. The standard InChI is InChI=1S/C17H19N3O3S/c1-20-7-6-9-12(8-20)24-17-13(9)16(22)18-15(19-17)10-4-3-5-11(23-2)14(10)21/h3-5,15,19,21H,6-8H2,1-2H3,(H,18,22)/p+1/t15-/m1/s1. The van der Waals surface area contributed by atoms with Crippen molar-refractivity contribution in [3.05, 3.63) is 39.8 Å². The Morgan fingerprint density at radius 3 is 3.00 bits per heavy atom. The van der Waals surface area contributed by atoms with Crippen LogP contribution in [0.25, 0.3) is 0 Å². The van der Waals surface area contributed by atoms with Crippen LogP contribution in [0.3, 0.4) is 0 Å². The van der Waals surface area contributed by atoms with E-state index in [9.17, 15) is 9.90 Å². The predicted octanol–water partition coefficient (Wildman–Crippen LogP) is 0.887. The van der Waals surface area contributed by atoms with Crippen molar-refractivity contribution in [3.63, 3.8) is 0 Å². The van der Waals surface area contributed by atoms with E-state index in [2.05, 4.69) is 17.7 Å². The minimum absolute atomic E-state index is 0.0479. The monoisotopic (exact) mass is 346 g/mol. The molecule has 0 bridgehead atoms. The summed E-state index contributed by atoms with van der Waals surface area (Å²) >= 11 is 1.65. The number of aromatic hydroxyl groups is 1. The van der Waals surface area contributed by atoms with Gasteiger partial charge in [-0.1, -0.05) is 12.1 Å². The number of carbonyl (C=O) groups is 1. The van der Waals surface area contributed by atoms with E-state index in [4.69, 9.17) is 4.74 Å². The molecule has 2 aromatic rings. The molecular formula is C17H20N3O3S+. The molecule has 1 unspecified atom stereocenters. The minimum atomic E-state index is -0.467. The lowest BCUT2D eigenvalue weighted by Crippen LogP contribution is -3.08. The third kappa shape index (κ3) is 2.32. The molecule has 0 radical (unpaired) electrons. The van der Waals surface area contributed by atoms with Gasteiger partial charge >= 0.3 is 0 Å². The highest BCUT2D eigenvalue weighted by Crippen LogP contribution is 2.41. The van der Waals surface area contributed by atoms with Crippen LogP contribution in [-0.4, -0.2) is 31.7 Å². The lowest BCUT2D eigenvalue weighted by Gasteiger charge is -2.27. The molecule has 4 rings (SSSR count). The number of fused-ring (bicyclic) bond motifs is 3. The molecule has 6 nitrogen and oxygen atoms in total. The van der Waals surface area contributed by atoms with Gasteiger partial charge in [0.15, 0.2) is 11.5 Å². The lowest BCUT2D eigenvalue weighted by atomic mass is 10.0. The number of hydrogen-bond acceptors (Lipinski definition) is 5. The molecule has 0 fully saturated rings. The maximum absolute atomic E-state index is 12.7. The molecule has 24 heavy (non-hydrogen) atoms. The smallest absolute Gasteiger partial charge is 0.256 e. The number of para-hydroxylation sites is 1. The number of nitrogens with one attached hydrogen (secondary N) is 3. The number of methoxy groups -OCH3 is 1. The Morgan fingerprint density at radius 2 is 2.21 bits per heavy atom. The van der Waals surface area contributed by atoms with E-state index < -0.39 is 6.17 Å². The molecule has 2 aliphatic heterocycles. The van der Waals surface area contributed by atoms with E-state index in [-0.39, 0.29) is 11.7 Å². The number of benzene rings is 1. The van der Waals surface area contributed by atoms with Crippen LogP contribution in [0.5, 0.6) is 11.5 Å². The first kappa shape index (κ1) is 15.3. The van der Waals surface area contributed by atoms with Gasteiger partial charge < -0.3 is 25.4 Å². The fourth-order valence-corrected chi connectivity index (χ4v) is 4.81. The van der Waals surface area contributed by atoms with Gasteiger partial charge in [-0.2, -0.15) is 0 Å². The number of anilines is 1. The highest BCUT2D eigenvalue weighted by atomic mass is 32.1. The number of likely N-dealkylation sites (N-methyl/N-ethyl adjacent to an activating group) is 1. The Labute approximate surface area is 144 Å². The molecule has 0 saturated carbocycles. The first-order valence-corrected chi connectivity index (χ1v) is 8.79. The summed E-state index contributed by atoms with van der Waals surface area (Å²) in [5.74, 6) is 0.366. The van der Waals surface area contributed by atoms with Gasteiger partial charge in [0.1, 0.15) is 17.7 Å². The summed E-state index contributed by atoms with van der Waals surface area (Å²) in [6.07, 6.45) is 0.460. The van der Waals surface area contributed by atoms with Crippen LogP contribution >= 0.6 is 11.3 Å². The number of thiophene rings is 1. The number of ether oxygens (including phenoxy) is 1. The van der Waals surface area contributed by atoms with E-state index in [1.807, 2.05) is 0 Å². The second kappa shape index (κ2) is 5.68. The van der Waals surface area contributed by atoms with Gasteiger partial charge in [-0.05, 0) is 11.6 Å². The van der Waals surface area contributed by atoms with E-state index in [1.165, 1.54) is 22.5 Å². The van der Waals surface area contributed by atoms with Crippen LogP contribution in [0.2, 0.25) is 0 Å². The normalized spacial score (nSPS) is 22.2. The first-order chi connectivity index (χ1) is 11.6. The maximum atomic E-state index is 12.7. The summed E-state index contributed by atoms with van der Waals surface area (Å²) in [5.41, 5.74) is 2.56. The molecule has 0 saturated heterocycles. The lowest BCUT2D eigenvalue weighted by molar-refractivity contribution is -0.895. The second-order valence-electron chi connectivity index (χ2n) is 6.29. The highest BCUT2D eigenvalue weighted by Gasteiger charge is 2.34. The first-order valence-electron chi connectivity index (χ1n) is 7.97. The topological polar surface area (TPSA) is 75.0 Å². The Kier molecular flexibility index (Phi) is 3.62. The predicted molar refractivity (Wildman–Crippen MR) is 92.0 cm³/mol. The SMILES string of the molecule is COc1cccc([C@@H]2NC(=O)c3c(sc4c3CC[NH+](C)C4)N2)c1O. The zero-order valence-electron chi connectivity index (χ0n) is 13.6. The molecular weight excluding hydrogens is 326 g/mol. The molecule has 126 valence electrons. The summed E-state index contributed by atoms with van der Waals surface area (Å²) in [6.45, 7) is 2.00. The Hall–Kier alpha value is -2.25. The van der Waals surface area contributed by atoms with Crippen LogP contribution in [0, 0.1) is 0 Å². The van der Waals surface area contributed by atoms with E-state index in [0.29, 0.717) is 11.3 Å². The van der Waals surface area contributed by atoms with Crippen molar-refractivity contribution in [2.24, 2.45) is 0 Å². The largest absolute Gasteiger partial charge is 0.504 e. The Bertz CT molecular complexity index is 818. The second-order valence-corrected chi connectivity index (χ2v) is 7.40. The van der Waals surface area contributed by atoms with Crippen molar-refractivity contribution < 1.29 is 19.5 Å². The third-order valence-corrected chi connectivity index (χ3v) is 5.86. The molecule has 7 heteroatoms. The maximum Gasteiger partial charge on any atom is 0.256 e. The van der Waals surface area contributed by atoms with Crippen molar-refractivity contribution in [3.8, 4) is 11.5 Å². The zero-order chi connectivity index (χ0) is 16.8. The minimum Gasteiger partial charge on any atom is -0.504 e. The molecule has 2 aliphatic rings. The van der Waals surface area contributed by atoms with Crippen molar-refractivity contribution in [2.45, 2.75) is 19.1 Å². The van der Waals surface area contributed by atoms with Crippen molar-refractivity contribution in [1.82, 2.24) is 5.32 Å². The molecule has 0 spiro atoms. The molecule has 1 aromatic carbocycles. The summed E-state index contributed by atoms with van der Waals surface area (Å²) in [5, 5.41) is 17.6. The van der Waals surface area contributed by atoms with Gasteiger partial charge in [0.2, 0.25) is 0 Å². The van der Waals surface area contributed by atoms with Gasteiger partial charge in [-0.25, -0.2) is 0 Å². The summed E-state index contributed by atoms with van der Waals surface area (Å²) in [4.78, 5) is 15.4. The van der Waals surface area contributed by atoms with Gasteiger partial charge in [-0.3, -0.25) is 4.79 Å². The highest BCUT2D eigenvalue weighted by molar-refractivity contribution is 7.16. The van der Waals surface area contributed by atoms with Gasteiger partial charge in [-0.15, -0.1) is 11.3 Å². The quantitative estimate of drug-likeness (QED) is 0.651. The number of rotatable bonds is 2. The summed E-state index contributed by atoms with van der Waals surface area (Å²) in [6, 6.07) is 5.28. The number of amides is 1. The molecule has 0 aliphatic carbocycles. The third-order valence-electron chi connectivity index (χ3n) is 4.69. The molecule has 1 amide bonds. The average Bonchev–Trinajstić information content (AvgIpc) is 2.92. The number of hydrogen-bond donors (Lipinski definition) is 4. The molecule has 1 aromatic heterocycles. The summed E-state index contributed by atoms with van der Waals surface area (Å²) < 4.78 is 5.16. The fourth-order valence-electron chi connectivity index (χ4n) is 3.43. The van der Waals surface area contributed by atoms with Gasteiger partial charge in [0, 0.05) is 12.0 Å². The number of phenolic OH excluding ortho intramolecular Hbond substituents is 1. The average molecular weight is 346 g/mol. The van der Waals surface area contributed by atoms with E-state index in [0.717, 1.165) is 30.1 Å². The number of phenols is 1. The van der Waals surface area contributed by atoms with Gasteiger partial charge in [0.25, 0.3) is 5.91 Å². The van der Waals surface area contributed by atoms with Crippen molar-refractivity contribution in [2.75, 3.05) is 26.0 Å². The van der Waals surface area contributed by atoms with Crippen LogP contribution in [0.4, 0.5) is 5.00 Å². The molecule has 2 atom stereocenters. The van der Waals surface area contributed by atoms with Crippen molar-refractivity contribution >= 4 is 22.2 Å². The van der Waals surface area contributed by atoms with Crippen LogP contribution < -0.4 is 20.3 Å². The Balaban J connectivity index is 1.71. The van der Waals surface area contributed by atoms with Crippen LogP contribution in [0.15, 0.2) is 18.2 Å². The number of quaternary nitrogens is 1. The molecule has 4 N–H and O–H groups in total. The van der Waals surface area contributed by atoms with E-state index in [1.54, 1.807) is 29.5 Å². The van der Waals surface area contributed by atoms with Gasteiger partial charge in [0.05, 0.1) is 31.1 Å². The van der Waals surface area contributed by atoms with Crippen LogP contribution in [0.1, 0.15) is 32.5 Å². The zero-order valence-corrected chi connectivity index (χ0v) is 14.4. The Morgan fingerprint density at radius 1 is 1.38 bits per heavy atom. The molecule has 3 heterocycles. The summed E-state index contributed by atoms with van der Waals surface area (Å²) in [7, 11) is 3.68. The van der Waals surface area contributed by atoms with E-state index >= 15 is 0 Å².